The number of amides is 2. The zero-order chi connectivity index (χ0) is 17.3. The largest absolute Gasteiger partial charge is 0.331 e. The Morgan fingerprint density at radius 1 is 1.46 bits per heavy atom. The lowest BCUT2D eigenvalue weighted by atomic mass is 9.93. The third-order valence-corrected chi connectivity index (χ3v) is 5.27. The number of nitrogens with one attached hydrogen (secondary N) is 1. The van der Waals surface area contributed by atoms with Crippen LogP contribution in [0.3, 0.4) is 0 Å². The predicted molar refractivity (Wildman–Crippen MR) is 95.0 cm³/mol. The zero-order valence-electron chi connectivity index (χ0n) is 14.3. The monoisotopic (exact) mass is 346 g/mol. The summed E-state index contributed by atoms with van der Waals surface area (Å²) >= 11 is 6.26. The topological polar surface area (TPSA) is 50.2 Å². The van der Waals surface area contributed by atoms with Gasteiger partial charge in [-0.3, -0.25) is 4.68 Å². The number of hydrogen-bond donors (Lipinski definition) is 1. The van der Waals surface area contributed by atoms with Crippen molar-refractivity contribution < 1.29 is 4.79 Å². The van der Waals surface area contributed by atoms with E-state index in [-0.39, 0.29) is 18.1 Å². The molecule has 1 aliphatic rings. The highest BCUT2D eigenvalue weighted by atomic mass is 35.5. The number of benzene rings is 1. The van der Waals surface area contributed by atoms with Gasteiger partial charge in [0.1, 0.15) is 0 Å². The average Bonchev–Trinajstić information content (AvgIpc) is 2.96. The van der Waals surface area contributed by atoms with Crippen LogP contribution in [0.5, 0.6) is 0 Å². The minimum Gasteiger partial charge on any atom is -0.331 e. The van der Waals surface area contributed by atoms with Crippen molar-refractivity contribution >= 4 is 17.6 Å². The van der Waals surface area contributed by atoms with Gasteiger partial charge in [0, 0.05) is 30.4 Å². The second-order valence-corrected chi connectivity index (χ2v) is 6.78. The van der Waals surface area contributed by atoms with Crippen molar-refractivity contribution in [2.24, 2.45) is 7.05 Å². The Morgan fingerprint density at radius 3 is 2.96 bits per heavy atom. The van der Waals surface area contributed by atoms with Crippen molar-refractivity contribution in [3.8, 4) is 0 Å². The first-order valence-electron chi connectivity index (χ1n) is 8.27. The van der Waals surface area contributed by atoms with E-state index in [1.54, 1.807) is 11.9 Å². The highest BCUT2D eigenvalue weighted by Gasteiger charge is 2.27. The van der Waals surface area contributed by atoms with Crippen LogP contribution in [0.2, 0.25) is 5.02 Å². The molecule has 24 heavy (non-hydrogen) atoms. The number of aromatic nitrogens is 2. The molecule has 1 heterocycles. The molecule has 1 aliphatic carbocycles. The molecule has 0 spiro atoms. The number of hydrogen-bond acceptors (Lipinski definition) is 2. The van der Waals surface area contributed by atoms with Crippen LogP contribution in [-0.4, -0.2) is 27.8 Å². The van der Waals surface area contributed by atoms with Crippen LogP contribution >= 0.6 is 11.6 Å². The number of urea groups is 1. The Balaban J connectivity index is 1.72. The maximum atomic E-state index is 12.7. The molecule has 0 fully saturated rings. The Labute approximate surface area is 147 Å². The second kappa shape index (κ2) is 6.85. The van der Waals surface area contributed by atoms with Gasteiger partial charge in [0.25, 0.3) is 0 Å². The summed E-state index contributed by atoms with van der Waals surface area (Å²) in [7, 11) is 3.75. The third kappa shape index (κ3) is 3.13. The summed E-state index contributed by atoms with van der Waals surface area (Å²) < 4.78 is 1.91. The summed E-state index contributed by atoms with van der Waals surface area (Å²) in [6, 6.07) is 7.46. The molecule has 0 unspecified atom stereocenters. The molecule has 0 saturated heterocycles. The molecule has 3 rings (SSSR count). The molecule has 0 saturated carbocycles. The summed E-state index contributed by atoms with van der Waals surface area (Å²) in [5, 5.41) is 8.16. The lowest BCUT2D eigenvalue weighted by Crippen LogP contribution is -2.41. The Morgan fingerprint density at radius 2 is 2.21 bits per heavy atom. The van der Waals surface area contributed by atoms with Crippen LogP contribution in [0, 0.1) is 0 Å². The molecule has 2 amide bonds. The first-order chi connectivity index (χ1) is 11.5. The van der Waals surface area contributed by atoms with E-state index in [1.807, 2.05) is 49.1 Å². The molecule has 2 aromatic rings. The number of halogens is 1. The van der Waals surface area contributed by atoms with Crippen LogP contribution in [0.15, 0.2) is 30.5 Å². The maximum absolute atomic E-state index is 12.7. The van der Waals surface area contributed by atoms with Gasteiger partial charge < -0.3 is 10.2 Å². The number of rotatable bonds is 3. The van der Waals surface area contributed by atoms with Crippen molar-refractivity contribution in [1.82, 2.24) is 20.0 Å². The molecule has 128 valence electrons. The molecule has 1 aromatic carbocycles. The predicted octanol–water partition coefficient (Wildman–Crippen LogP) is 3.85. The molecular formula is C18H23ClN4O. The fraction of sp³-hybridized carbons (Fsp3) is 0.444. The molecule has 5 nitrogen and oxygen atoms in total. The normalized spacial score (nSPS) is 17.9. The minimum atomic E-state index is -0.101. The minimum absolute atomic E-state index is 0.0239. The number of nitrogens with zero attached hydrogens (tertiary/aromatic N) is 3. The molecule has 0 radical (unpaired) electrons. The maximum Gasteiger partial charge on any atom is 0.318 e. The zero-order valence-corrected chi connectivity index (χ0v) is 15.0. The van der Waals surface area contributed by atoms with E-state index in [4.69, 9.17) is 11.6 Å². The van der Waals surface area contributed by atoms with Gasteiger partial charge in [-0.15, -0.1) is 0 Å². The van der Waals surface area contributed by atoms with Gasteiger partial charge in [0.2, 0.25) is 0 Å². The van der Waals surface area contributed by atoms with Gasteiger partial charge in [-0.1, -0.05) is 29.8 Å². The van der Waals surface area contributed by atoms with Gasteiger partial charge in [-0.05, 0) is 37.8 Å². The van der Waals surface area contributed by atoms with Gasteiger partial charge in [0.15, 0.2) is 0 Å². The number of fused-ring (bicyclic) bond motifs is 1. The quantitative estimate of drug-likeness (QED) is 0.917. The Hall–Kier alpha value is -2.01. The van der Waals surface area contributed by atoms with Crippen molar-refractivity contribution in [3.05, 3.63) is 52.3 Å². The van der Waals surface area contributed by atoms with Crippen LogP contribution in [0.4, 0.5) is 4.79 Å². The second-order valence-electron chi connectivity index (χ2n) is 6.37. The first-order valence-corrected chi connectivity index (χ1v) is 8.65. The summed E-state index contributed by atoms with van der Waals surface area (Å²) in [5.74, 6) is 0. The molecule has 1 N–H and O–H groups in total. The van der Waals surface area contributed by atoms with Crippen molar-refractivity contribution in [1.29, 1.82) is 0 Å². The van der Waals surface area contributed by atoms with E-state index in [0.717, 1.165) is 30.4 Å². The Kier molecular flexibility index (Phi) is 4.81. The fourth-order valence-electron chi connectivity index (χ4n) is 3.31. The Bertz CT molecular complexity index is 742. The molecule has 1 aromatic heterocycles. The molecule has 2 atom stereocenters. The average molecular weight is 347 g/mol. The number of carbonyl (C=O) groups excluding carboxylic acids is 1. The van der Waals surface area contributed by atoms with Gasteiger partial charge in [0.05, 0.1) is 18.3 Å². The van der Waals surface area contributed by atoms with E-state index >= 15 is 0 Å². The van der Waals surface area contributed by atoms with E-state index in [0.29, 0.717) is 5.02 Å². The van der Waals surface area contributed by atoms with Crippen LogP contribution in [0.1, 0.15) is 48.7 Å². The summed E-state index contributed by atoms with van der Waals surface area (Å²) in [6.07, 6.45) is 4.89. The number of aryl methyl sites for hydroxylation is 1. The lowest BCUT2D eigenvalue weighted by molar-refractivity contribution is 0.189. The van der Waals surface area contributed by atoms with Crippen LogP contribution in [-0.2, 0) is 13.5 Å². The van der Waals surface area contributed by atoms with Crippen molar-refractivity contribution in [3.63, 3.8) is 0 Å². The molecule has 6 heteroatoms. The lowest BCUT2D eigenvalue weighted by Gasteiger charge is -2.30. The smallest absolute Gasteiger partial charge is 0.318 e. The summed E-state index contributed by atoms with van der Waals surface area (Å²) in [4.78, 5) is 14.4. The van der Waals surface area contributed by atoms with E-state index in [2.05, 4.69) is 10.4 Å². The highest BCUT2D eigenvalue weighted by Crippen LogP contribution is 2.30. The van der Waals surface area contributed by atoms with Crippen LogP contribution in [0.25, 0.3) is 0 Å². The number of carbonyl (C=O) groups is 1. The molecular weight excluding hydrogens is 324 g/mol. The van der Waals surface area contributed by atoms with E-state index < -0.39 is 0 Å². The molecule has 0 bridgehead atoms. The standard InChI is InChI=1S/C18H23ClN4O/c1-12(13-7-4-5-8-15(13)19)22(2)18(24)21-16-9-6-10-17-14(16)11-20-23(17)3/h4-5,7-8,11-12,16H,6,9-10H2,1-3H3,(H,21,24)/t12-,16-/m1/s1. The van der Waals surface area contributed by atoms with Crippen LogP contribution < -0.4 is 5.32 Å². The van der Waals surface area contributed by atoms with E-state index in [1.165, 1.54) is 5.69 Å². The SMILES string of the molecule is C[C@H](c1ccccc1Cl)N(C)C(=O)N[C@@H]1CCCc2c1cnn2C. The third-order valence-electron chi connectivity index (χ3n) is 4.93. The summed E-state index contributed by atoms with van der Waals surface area (Å²) in [5.41, 5.74) is 3.30. The summed E-state index contributed by atoms with van der Waals surface area (Å²) in [6.45, 7) is 1.98. The van der Waals surface area contributed by atoms with Gasteiger partial charge in [-0.2, -0.15) is 5.10 Å². The highest BCUT2D eigenvalue weighted by molar-refractivity contribution is 6.31. The van der Waals surface area contributed by atoms with Crippen molar-refractivity contribution in [2.45, 2.75) is 38.3 Å². The first kappa shape index (κ1) is 16.8. The van der Waals surface area contributed by atoms with E-state index in [9.17, 15) is 4.79 Å². The molecule has 0 aliphatic heterocycles. The van der Waals surface area contributed by atoms with Crippen molar-refractivity contribution in [2.75, 3.05) is 7.05 Å². The van der Waals surface area contributed by atoms with Gasteiger partial charge in [-0.25, -0.2) is 4.79 Å². The van der Waals surface area contributed by atoms with Gasteiger partial charge >= 0.3 is 6.03 Å². The fourth-order valence-corrected chi connectivity index (χ4v) is 3.60.